The summed E-state index contributed by atoms with van der Waals surface area (Å²) < 4.78 is 5.81. The van der Waals surface area contributed by atoms with Gasteiger partial charge in [-0.2, -0.15) is 0 Å². The predicted octanol–water partition coefficient (Wildman–Crippen LogP) is 2.57. The van der Waals surface area contributed by atoms with Crippen molar-refractivity contribution >= 4 is 5.91 Å². The monoisotopic (exact) mass is 320 g/mol. The van der Waals surface area contributed by atoms with E-state index in [4.69, 9.17) is 4.74 Å². The van der Waals surface area contributed by atoms with E-state index in [-0.39, 0.29) is 29.7 Å². The van der Waals surface area contributed by atoms with Gasteiger partial charge in [0, 0.05) is 18.6 Å². The molecule has 4 nitrogen and oxygen atoms in total. The van der Waals surface area contributed by atoms with Gasteiger partial charge in [0.15, 0.2) is 0 Å². The van der Waals surface area contributed by atoms with Crippen molar-refractivity contribution in [2.45, 2.75) is 83.1 Å². The van der Waals surface area contributed by atoms with Gasteiger partial charge in [-0.25, -0.2) is 0 Å². The third-order valence-electron chi connectivity index (χ3n) is 6.80. The summed E-state index contributed by atoms with van der Waals surface area (Å²) in [6.45, 7) is 8.00. The van der Waals surface area contributed by atoms with E-state index in [9.17, 15) is 4.79 Å². The molecule has 4 bridgehead atoms. The highest BCUT2D eigenvalue weighted by molar-refractivity contribution is 5.82. The van der Waals surface area contributed by atoms with Crippen LogP contribution >= 0.6 is 0 Å². The van der Waals surface area contributed by atoms with E-state index < -0.39 is 0 Å². The summed E-state index contributed by atoms with van der Waals surface area (Å²) in [5.74, 6) is 2.87. The molecule has 5 rings (SSSR count). The van der Waals surface area contributed by atoms with Gasteiger partial charge >= 0.3 is 0 Å². The van der Waals surface area contributed by atoms with Crippen LogP contribution in [-0.2, 0) is 9.53 Å². The van der Waals surface area contributed by atoms with E-state index in [1.165, 1.54) is 38.5 Å². The minimum atomic E-state index is -0.0446. The average molecular weight is 320 g/mol. The fraction of sp³-hybridized carbons (Fsp3) is 0.947. The van der Waals surface area contributed by atoms with Crippen LogP contribution in [0.5, 0.6) is 0 Å². The fourth-order valence-electron chi connectivity index (χ4n) is 6.33. The van der Waals surface area contributed by atoms with Gasteiger partial charge in [0.2, 0.25) is 5.91 Å². The first-order valence-electron chi connectivity index (χ1n) is 9.64. The van der Waals surface area contributed by atoms with Crippen molar-refractivity contribution < 1.29 is 9.53 Å². The number of morpholine rings is 1. The second-order valence-corrected chi connectivity index (χ2v) is 9.07. The first-order valence-corrected chi connectivity index (χ1v) is 9.64. The number of ether oxygens (including phenoxy) is 1. The van der Waals surface area contributed by atoms with Gasteiger partial charge in [-0.05, 0) is 77.0 Å². The first kappa shape index (κ1) is 15.9. The van der Waals surface area contributed by atoms with Crippen molar-refractivity contribution in [2.24, 2.45) is 17.8 Å². The molecular formula is C19H32N2O2. The third kappa shape index (κ3) is 3.05. The topological polar surface area (TPSA) is 41.6 Å². The Kier molecular flexibility index (Phi) is 3.96. The zero-order chi connectivity index (χ0) is 16.2. The number of carbonyl (C=O) groups is 1. The summed E-state index contributed by atoms with van der Waals surface area (Å²) in [5.41, 5.74) is 0.129. The van der Waals surface area contributed by atoms with Crippen molar-refractivity contribution in [3.63, 3.8) is 0 Å². The molecule has 3 atom stereocenters. The Morgan fingerprint density at radius 2 is 1.52 bits per heavy atom. The second kappa shape index (κ2) is 5.73. The third-order valence-corrected chi connectivity index (χ3v) is 6.80. The summed E-state index contributed by atoms with van der Waals surface area (Å²) in [6.07, 6.45) is 8.38. The van der Waals surface area contributed by atoms with Crippen LogP contribution in [0.1, 0.15) is 59.3 Å². The maximum absolute atomic E-state index is 12.9. The Balaban J connectivity index is 1.41. The molecule has 1 N–H and O–H groups in total. The lowest BCUT2D eigenvalue weighted by Crippen LogP contribution is -2.63. The second-order valence-electron chi connectivity index (χ2n) is 9.07. The molecule has 0 aromatic heterocycles. The van der Waals surface area contributed by atoms with Crippen LogP contribution in [0.3, 0.4) is 0 Å². The number of amides is 1. The molecule has 1 heterocycles. The quantitative estimate of drug-likeness (QED) is 0.869. The van der Waals surface area contributed by atoms with E-state index in [1.807, 2.05) is 0 Å². The van der Waals surface area contributed by atoms with E-state index in [1.54, 1.807) is 0 Å². The summed E-state index contributed by atoms with van der Waals surface area (Å²) in [5, 5.41) is 3.53. The van der Waals surface area contributed by atoms with Crippen LogP contribution in [0.15, 0.2) is 0 Å². The molecule has 5 aliphatic rings. The Morgan fingerprint density at radius 1 is 1.04 bits per heavy atom. The van der Waals surface area contributed by atoms with Gasteiger partial charge in [-0.15, -0.1) is 0 Å². The number of rotatable bonds is 3. The Morgan fingerprint density at radius 3 is 2.00 bits per heavy atom. The Hall–Kier alpha value is -0.610. The molecule has 23 heavy (non-hydrogen) atoms. The molecule has 0 spiro atoms. The van der Waals surface area contributed by atoms with E-state index in [0.717, 1.165) is 30.8 Å². The molecule has 1 amide bonds. The van der Waals surface area contributed by atoms with Gasteiger partial charge in [-0.1, -0.05) is 0 Å². The highest BCUT2D eigenvalue weighted by Gasteiger charge is 2.51. The predicted molar refractivity (Wildman–Crippen MR) is 90.1 cm³/mol. The van der Waals surface area contributed by atoms with Crippen LogP contribution in [0.25, 0.3) is 0 Å². The van der Waals surface area contributed by atoms with Gasteiger partial charge in [0.05, 0.1) is 18.2 Å². The summed E-state index contributed by atoms with van der Waals surface area (Å²) in [4.78, 5) is 15.2. The number of hydrogen-bond acceptors (Lipinski definition) is 3. The minimum Gasteiger partial charge on any atom is -0.373 e. The van der Waals surface area contributed by atoms with Crippen LogP contribution < -0.4 is 5.32 Å². The molecule has 1 aliphatic heterocycles. The minimum absolute atomic E-state index is 0.0446. The molecule has 4 aliphatic carbocycles. The van der Waals surface area contributed by atoms with Gasteiger partial charge < -0.3 is 10.1 Å². The molecule has 1 saturated heterocycles. The molecule has 4 saturated carbocycles. The average Bonchev–Trinajstić information content (AvgIpc) is 2.43. The molecule has 130 valence electrons. The fourth-order valence-corrected chi connectivity index (χ4v) is 6.33. The van der Waals surface area contributed by atoms with E-state index >= 15 is 0 Å². The van der Waals surface area contributed by atoms with E-state index in [2.05, 4.69) is 31.0 Å². The number of hydrogen-bond donors (Lipinski definition) is 1. The molecular weight excluding hydrogens is 288 g/mol. The number of nitrogens with zero attached hydrogens (tertiary/aromatic N) is 1. The molecule has 0 aromatic carbocycles. The van der Waals surface area contributed by atoms with Crippen molar-refractivity contribution in [2.75, 3.05) is 13.1 Å². The van der Waals surface area contributed by atoms with Crippen LogP contribution in [0, 0.1) is 17.8 Å². The van der Waals surface area contributed by atoms with Gasteiger partial charge in [0.25, 0.3) is 0 Å². The summed E-state index contributed by atoms with van der Waals surface area (Å²) >= 11 is 0. The van der Waals surface area contributed by atoms with Crippen molar-refractivity contribution in [1.29, 1.82) is 0 Å². The standard InChI is InChI=1S/C19H32N2O2/c1-12-10-21(11-13(2)23-12)14(3)18(22)20-19-7-15-4-16(8-19)6-17(5-15)9-19/h12-17H,4-11H2,1-3H3,(H,20,22)/t12-,13-,14-,15?,16?,17?,19?/m0/s1. The summed E-state index contributed by atoms with van der Waals surface area (Å²) in [6, 6.07) is -0.0446. The highest BCUT2D eigenvalue weighted by Crippen LogP contribution is 2.55. The Labute approximate surface area is 140 Å². The lowest BCUT2D eigenvalue weighted by Gasteiger charge is -2.57. The molecule has 0 aromatic rings. The maximum atomic E-state index is 12.9. The first-order chi connectivity index (χ1) is 10.9. The zero-order valence-corrected chi connectivity index (χ0v) is 14.9. The van der Waals surface area contributed by atoms with Crippen LogP contribution in [0.4, 0.5) is 0 Å². The molecule has 0 radical (unpaired) electrons. The van der Waals surface area contributed by atoms with E-state index in [0.29, 0.717) is 0 Å². The van der Waals surface area contributed by atoms with Crippen LogP contribution in [-0.4, -0.2) is 47.7 Å². The van der Waals surface area contributed by atoms with Gasteiger partial charge in [-0.3, -0.25) is 9.69 Å². The number of nitrogens with one attached hydrogen (secondary N) is 1. The van der Waals surface area contributed by atoms with Gasteiger partial charge in [0.1, 0.15) is 0 Å². The normalized spacial score (nSPS) is 47.5. The molecule has 0 unspecified atom stereocenters. The largest absolute Gasteiger partial charge is 0.373 e. The smallest absolute Gasteiger partial charge is 0.237 e. The number of carbonyl (C=O) groups excluding carboxylic acids is 1. The Bertz CT molecular complexity index is 433. The highest BCUT2D eigenvalue weighted by atomic mass is 16.5. The summed E-state index contributed by atoms with van der Waals surface area (Å²) in [7, 11) is 0. The SMILES string of the molecule is C[C@H]1CN([C@@H](C)C(=O)NC23CC4CC(CC(C4)C2)C3)C[C@H](C)O1. The van der Waals surface area contributed by atoms with Crippen molar-refractivity contribution in [3.05, 3.63) is 0 Å². The van der Waals surface area contributed by atoms with Crippen molar-refractivity contribution in [1.82, 2.24) is 10.2 Å². The molecule has 5 fully saturated rings. The zero-order valence-electron chi connectivity index (χ0n) is 14.9. The van der Waals surface area contributed by atoms with Crippen molar-refractivity contribution in [3.8, 4) is 0 Å². The lowest BCUT2D eigenvalue weighted by molar-refractivity contribution is -0.137. The van der Waals surface area contributed by atoms with Crippen LogP contribution in [0.2, 0.25) is 0 Å². The lowest BCUT2D eigenvalue weighted by atomic mass is 9.53. The maximum Gasteiger partial charge on any atom is 0.237 e. The molecule has 4 heteroatoms.